The van der Waals surface area contributed by atoms with E-state index in [1.807, 2.05) is 13.2 Å². The molecule has 0 amide bonds. The first-order valence-electron chi connectivity index (χ1n) is 5.50. The zero-order valence-corrected chi connectivity index (χ0v) is 9.08. The van der Waals surface area contributed by atoms with Gasteiger partial charge in [0.15, 0.2) is 0 Å². The zero-order chi connectivity index (χ0) is 9.97. The van der Waals surface area contributed by atoms with Crippen LogP contribution in [0.4, 0.5) is 0 Å². The lowest BCUT2D eigenvalue weighted by atomic mass is 10.00. The topological polar surface area (TPSA) is 29.9 Å². The Bertz CT molecular complexity index is 303. The lowest BCUT2D eigenvalue weighted by molar-refractivity contribution is 0.369. The lowest BCUT2D eigenvalue weighted by Crippen LogP contribution is -2.22. The summed E-state index contributed by atoms with van der Waals surface area (Å²) in [5.74, 6) is 1.18. The van der Waals surface area contributed by atoms with Gasteiger partial charge in [0.2, 0.25) is 0 Å². The molecule has 14 heavy (non-hydrogen) atoms. The lowest BCUT2D eigenvalue weighted by Gasteiger charge is -2.26. The summed E-state index contributed by atoms with van der Waals surface area (Å²) in [6, 6.07) is 0.675. The van der Waals surface area contributed by atoms with E-state index in [1.165, 1.54) is 37.2 Å². The number of rotatable bonds is 3. The van der Waals surface area contributed by atoms with E-state index in [1.54, 1.807) is 0 Å². The highest BCUT2D eigenvalue weighted by molar-refractivity contribution is 5.09. The second-order valence-electron chi connectivity index (χ2n) is 4.11. The number of hydrogen-bond donors (Lipinski definition) is 1. The average molecular weight is 193 g/mol. The van der Waals surface area contributed by atoms with Crippen LogP contribution in [-0.2, 0) is 6.42 Å². The number of fused-ring (bicyclic) bond motifs is 1. The van der Waals surface area contributed by atoms with Gasteiger partial charge in [-0.15, -0.1) is 0 Å². The molecular weight excluding hydrogens is 174 g/mol. The number of imidazole rings is 1. The summed E-state index contributed by atoms with van der Waals surface area (Å²) in [5, 5.41) is 3.22. The van der Waals surface area contributed by atoms with Gasteiger partial charge in [0.1, 0.15) is 5.82 Å². The zero-order valence-electron chi connectivity index (χ0n) is 9.08. The van der Waals surface area contributed by atoms with Gasteiger partial charge < -0.3 is 9.88 Å². The number of hydrogen-bond acceptors (Lipinski definition) is 2. The Hall–Kier alpha value is -0.830. The predicted octanol–water partition coefficient (Wildman–Crippen LogP) is 1.68. The van der Waals surface area contributed by atoms with Gasteiger partial charge in [-0.1, -0.05) is 0 Å². The normalized spacial score (nSPS) is 20.9. The van der Waals surface area contributed by atoms with Gasteiger partial charge in [-0.05, 0) is 46.2 Å². The Morgan fingerprint density at radius 1 is 1.64 bits per heavy atom. The van der Waals surface area contributed by atoms with E-state index < -0.39 is 0 Å². The summed E-state index contributed by atoms with van der Waals surface area (Å²) in [6.07, 6.45) is 7.10. The van der Waals surface area contributed by atoms with Crippen LogP contribution in [0.3, 0.4) is 0 Å². The molecule has 78 valence electrons. The van der Waals surface area contributed by atoms with Gasteiger partial charge in [-0.3, -0.25) is 0 Å². The van der Waals surface area contributed by atoms with Crippen LogP contribution in [-0.4, -0.2) is 23.1 Å². The smallest absolute Gasteiger partial charge is 0.105 e. The molecule has 1 aliphatic rings. The summed E-state index contributed by atoms with van der Waals surface area (Å²) in [4.78, 5) is 4.40. The Morgan fingerprint density at radius 3 is 3.29 bits per heavy atom. The molecule has 1 atom stereocenters. The molecule has 0 bridgehead atoms. The van der Waals surface area contributed by atoms with Crippen LogP contribution in [0, 0.1) is 6.92 Å². The van der Waals surface area contributed by atoms with Gasteiger partial charge >= 0.3 is 0 Å². The predicted molar refractivity (Wildman–Crippen MR) is 57.5 cm³/mol. The van der Waals surface area contributed by atoms with Crippen LogP contribution in [0.15, 0.2) is 6.20 Å². The maximum Gasteiger partial charge on any atom is 0.105 e. The maximum atomic E-state index is 4.40. The van der Waals surface area contributed by atoms with Gasteiger partial charge in [0.25, 0.3) is 0 Å². The molecule has 0 saturated carbocycles. The molecule has 1 aromatic heterocycles. The number of nitrogens with one attached hydrogen (secondary N) is 1. The van der Waals surface area contributed by atoms with Crippen molar-refractivity contribution in [2.75, 3.05) is 13.6 Å². The van der Waals surface area contributed by atoms with Crippen LogP contribution >= 0.6 is 0 Å². The van der Waals surface area contributed by atoms with Crippen molar-refractivity contribution in [2.24, 2.45) is 0 Å². The minimum absolute atomic E-state index is 0.675. The van der Waals surface area contributed by atoms with Crippen molar-refractivity contribution in [1.82, 2.24) is 14.9 Å². The molecular formula is C11H19N3. The summed E-state index contributed by atoms with van der Waals surface area (Å²) >= 11 is 0. The monoisotopic (exact) mass is 193 g/mol. The molecule has 2 rings (SSSR count). The van der Waals surface area contributed by atoms with Gasteiger partial charge in [-0.25, -0.2) is 4.98 Å². The van der Waals surface area contributed by atoms with Crippen molar-refractivity contribution in [3.63, 3.8) is 0 Å². The first kappa shape index (κ1) is 9.71. The average Bonchev–Trinajstić information content (AvgIpc) is 2.58. The third-order valence-electron chi connectivity index (χ3n) is 3.12. The first-order valence-corrected chi connectivity index (χ1v) is 5.50. The quantitative estimate of drug-likeness (QED) is 0.791. The number of nitrogens with zero attached hydrogens (tertiary/aromatic N) is 2. The molecule has 0 fully saturated rings. The molecule has 1 N–H and O–H groups in total. The van der Waals surface area contributed by atoms with E-state index >= 15 is 0 Å². The standard InChI is InChI=1S/C11H19N3/c1-9-13-8-11-5-3-4-10(14(9)11)6-7-12-2/h8,10,12H,3-7H2,1-2H3. The van der Waals surface area contributed by atoms with Crippen molar-refractivity contribution in [3.8, 4) is 0 Å². The Labute approximate surface area is 85.5 Å². The van der Waals surface area contributed by atoms with Crippen LogP contribution < -0.4 is 5.32 Å². The SMILES string of the molecule is CNCCC1CCCc2cnc(C)n21. The van der Waals surface area contributed by atoms with Crippen molar-refractivity contribution in [1.29, 1.82) is 0 Å². The fourth-order valence-electron chi connectivity index (χ4n) is 2.42. The molecule has 2 heterocycles. The second-order valence-corrected chi connectivity index (χ2v) is 4.11. The maximum absolute atomic E-state index is 4.40. The summed E-state index contributed by atoms with van der Waals surface area (Å²) in [7, 11) is 2.02. The summed E-state index contributed by atoms with van der Waals surface area (Å²) in [5.41, 5.74) is 1.43. The van der Waals surface area contributed by atoms with Crippen LogP contribution in [0.1, 0.15) is 36.8 Å². The van der Waals surface area contributed by atoms with E-state index in [0.29, 0.717) is 6.04 Å². The third kappa shape index (κ3) is 1.69. The van der Waals surface area contributed by atoms with Crippen LogP contribution in [0.5, 0.6) is 0 Å². The third-order valence-corrected chi connectivity index (χ3v) is 3.12. The fraction of sp³-hybridized carbons (Fsp3) is 0.727. The van der Waals surface area contributed by atoms with Gasteiger partial charge in [0.05, 0.1) is 0 Å². The molecule has 0 radical (unpaired) electrons. The fourth-order valence-corrected chi connectivity index (χ4v) is 2.42. The molecule has 3 nitrogen and oxygen atoms in total. The van der Waals surface area contributed by atoms with E-state index in [-0.39, 0.29) is 0 Å². The molecule has 1 unspecified atom stereocenters. The highest BCUT2D eigenvalue weighted by atomic mass is 15.1. The largest absolute Gasteiger partial charge is 0.329 e. The van der Waals surface area contributed by atoms with Crippen molar-refractivity contribution in [3.05, 3.63) is 17.7 Å². The molecule has 3 heteroatoms. The van der Waals surface area contributed by atoms with E-state index in [4.69, 9.17) is 0 Å². The molecule has 0 aliphatic carbocycles. The van der Waals surface area contributed by atoms with Gasteiger partial charge in [-0.2, -0.15) is 0 Å². The highest BCUT2D eigenvalue weighted by Gasteiger charge is 2.20. The number of aryl methyl sites for hydroxylation is 2. The summed E-state index contributed by atoms with van der Waals surface area (Å²) < 4.78 is 2.43. The van der Waals surface area contributed by atoms with E-state index in [9.17, 15) is 0 Å². The van der Waals surface area contributed by atoms with Crippen molar-refractivity contribution in [2.45, 2.75) is 38.6 Å². The molecule has 0 aromatic carbocycles. The Kier molecular flexibility index (Phi) is 2.87. The second kappa shape index (κ2) is 4.13. The van der Waals surface area contributed by atoms with Gasteiger partial charge in [0, 0.05) is 17.9 Å². The molecule has 0 saturated heterocycles. The molecule has 1 aromatic rings. The highest BCUT2D eigenvalue weighted by Crippen LogP contribution is 2.28. The minimum atomic E-state index is 0.675. The van der Waals surface area contributed by atoms with Crippen molar-refractivity contribution < 1.29 is 0 Å². The van der Waals surface area contributed by atoms with Crippen molar-refractivity contribution >= 4 is 0 Å². The Balaban J connectivity index is 2.16. The Morgan fingerprint density at radius 2 is 2.50 bits per heavy atom. The van der Waals surface area contributed by atoms with Crippen LogP contribution in [0.25, 0.3) is 0 Å². The molecule has 1 aliphatic heterocycles. The minimum Gasteiger partial charge on any atom is -0.329 e. The first-order chi connectivity index (χ1) is 6.83. The molecule has 0 spiro atoms. The summed E-state index contributed by atoms with van der Waals surface area (Å²) in [6.45, 7) is 3.21. The number of aromatic nitrogens is 2. The van der Waals surface area contributed by atoms with E-state index in [0.717, 1.165) is 6.54 Å². The van der Waals surface area contributed by atoms with Crippen LogP contribution in [0.2, 0.25) is 0 Å². The van der Waals surface area contributed by atoms with E-state index in [2.05, 4.69) is 21.8 Å².